The van der Waals surface area contributed by atoms with E-state index in [4.69, 9.17) is 0 Å². The Hall–Kier alpha value is -2.24. The van der Waals surface area contributed by atoms with E-state index in [1.54, 1.807) is 12.7 Å². The summed E-state index contributed by atoms with van der Waals surface area (Å²) in [6, 6.07) is 2.21. The number of hydrogen-bond donors (Lipinski definition) is 0. The summed E-state index contributed by atoms with van der Waals surface area (Å²) in [6.07, 6.45) is 12.2. The molecule has 0 bridgehead atoms. The van der Waals surface area contributed by atoms with Crippen molar-refractivity contribution in [2.24, 2.45) is 0 Å². The number of anilines is 2. The van der Waals surface area contributed by atoms with Crippen LogP contribution in [0.1, 0.15) is 55.0 Å². The summed E-state index contributed by atoms with van der Waals surface area (Å²) in [7, 11) is 0. The van der Waals surface area contributed by atoms with E-state index < -0.39 is 0 Å². The van der Waals surface area contributed by atoms with Crippen LogP contribution in [0.15, 0.2) is 18.7 Å². The van der Waals surface area contributed by atoms with E-state index in [0.29, 0.717) is 5.92 Å². The zero-order valence-electron chi connectivity index (χ0n) is 15.3. The Bertz CT molecular complexity index is 780. The maximum Gasteiger partial charge on any atom is 0.135 e. The van der Waals surface area contributed by atoms with Gasteiger partial charge in [0.05, 0.1) is 0 Å². The standard InChI is InChI=1S/C20H26N6/c1-2-7-17-16(6-1)20(24-14-21-17)26-10-8-25(9-11-26)19-12-18(22-13-23-19)15-4-3-5-15/h12-15H,1-11H2. The van der Waals surface area contributed by atoms with Crippen LogP contribution in [-0.2, 0) is 12.8 Å². The third kappa shape index (κ3) is 2.91. The number of hydrogen-bond acceptors (Lipinski definition) is 6. The van der Waals surface area contributed by atoms with Crippen LogP contribution in [0.3, 0.4) is 0 Å². The molecule has 0 atom stereocenters. The molecule has 6 heteroatoms. The maximum absolute atomic E-state index is 4.64. The predicted octanol–water partition coefficient (Wildman–Crippen LogP) is 2.74. The monoisotopic (exact) mass is 350 g/mol. The van der Waals surface area contributed by atoms with Gasteiger partial charge in [-0.25, -0.2) is 19.9 Å². The first-order chi connectivity index (χ1) is 12.9. The lowest BCUT2D eigenvalue weighted by atomic mass is 9.83. The fraction of sp³-hybridized carbons (Fsp3) is 0.600. The molecule has 0 N–H and O–H groups in total. The topological polar surface area (TPSA) is 58.0 Å². The average molecular weight is 350 g/mol. The quantitative estimate of drug-likeness (QED) is 0.848. The highest BCUT2D eigenvalue weighted by Gasteiger charge is 2.25. The molecule has 0 aromatic carbocycles. The van der Waals surface area contributed by atoms with Crippen LogP contribution in [0.2, 0.25) is 0 Å². The normalized spacial score (nSPS) is 20.6. The second-order valence-electron chi connectivity index (χ2n) is 7.73. The zero-order chi connectivity index (χ0) is 17.3. The van der Waals surface area contributed by atoms with E-state index in [-0.39, 0.29) is 0 Å². The van der Waals surface area contributed by atoms with Crippen molar-refractivity contribution >= 4 is 11.6 Å². The van der Waals surface area contributed by atoms with Gasteiger partial charge in [-0.2, -0.15) is 0 Å². The highest BCUT2D eigenvalue weighted by molar-refractivity contribution is 5.52. The van der Waals surface area contributed by atoms with Gasteiger partial charge in [0.15, 0.2) is 0 Å². The van der Waals surface area contributed by atoms with Crippen molar-refractivity contribution in [1.29, 1.82) is 0 Å². The van der Waals surface area contributed by atoms with E-state index in [2.05, 4.69) is 35.8 Å². The molecular formula is C20H26N6. The van der Waals surface area contributed by atoms with Crippen LogP contribution in [0.4, 0.5) is 11.6 Å². The molecule has 6 nitrogen and oxygen atoms in total. The molecule has 3 heterocycles. The maximum atomic E-state index is 4.64. The van der Waals surface area contributed by atoms with Gasteiger partial charge in [-0.05, 0) is 38.5 Å². The summed E-state index contributed by atoms with van der Waals surface area (Å²) in [4.78, 5) is 23.0. The van der Waals surface area contributed by atoms with Gasteiger partial charge in [-0.15, -0.1) is 0 Å². The molecule has 1 saturated carbocycles. The average Bonchev–Trinajstić information content (AvgIpc) is 2.67. The lowest BCUT2D eigenvalue weighted by molar-refractivity contribution is 0.410. The second kappa shape index (κ2) is 6.82. The summed E-state index contributed by atoms with van der Waals surface area (Å²) in [6.45, 7) is 3.96. The van der Waals surface area contributed by atoms with E-state index >= 15 is 0 Å². The minimum atomic E-state index is 0.658. The highest BCUT2D eigenvalue weighted by atomic mass is 15.3. The largest absolute Gasteiger partial charge is 0.353 e. The molecular weight excluding hydrogens is 324 g/mol. The fourth-order valence-corrected chi connectivity index (χ4v) is 4.39. The van der Waals surface area contributed by atoms with Crippen LogP contribution in [-0.4, -0.2) is 46.1 Å². The fourth-order valence-electron chi connectivity index (χ4n) is 4.39. The van der Waals surface area contributed by atoms with E-state index in [0.717, 1.165) is 44.8 Å². The molecule has 0 amide bonds. The number of nitrogens with zero attached hydrogens (tertiary/aromatic N) is 6. The number of rotatable bonds is 3. The number of aromatic nitrogens is 4. The van der Waals surface area contributed by atoms with Gasteiger partial charge in [0.1, 0.15) is 24.3 Å². The number of aryl methyl sites for hydroxylation is 1. The van der Waals surface area contributed by atoms with Crippen molar-refractivity contribution in [2.75, 3.05) is 36.0 Å². The van der Waals surface area contributed by atoms with Gasteiger partial charge < -0.3 is 9.80 Å². The van der Waals surface area contributed by atoms with Crippen molar-refractivity contribution in [3.8, 4) is 0 Å². The van der Waals surface area contributed by atoms with E-state index in [9.17, 15) is 0 Å². The summed E-state index contributed by atoms with van der Waals surface area (Å²) < 4.78 is 0. The first-order valence-corrected chi connectivity index (χ1v) is 10.0. The molecule has 26 heavy (non-hydrogen) atoms. The minimum Gasteiger partial charge on any atom is -0.353 e. The Morgan fingerprint density at radius 3 is 2.35 bits per heavy atom. The Labute approximate surface area is 154 Å². The van der Waals surface area contributed by atoms with Gasteiger partial charge in [0, 0.05) is 55.1 Å². The molecule has 5 rings (SSSR count). The van der Waals surface area contributed by atoms with Gasteiger partial charge in [0.2, 0.25) is 0 Å². The van der Waals surface area contributed by atoms with Crippen molar-refractivity contribution in [2.45, 2.75) is 50.9 Å². The molecule has 2 aromatic heterocycles. The Balaban J connectivity index is 1.29. The van der Waals surface area contributed by atoms with Gasteiger partial charge in [0.25, 0.3) is 0 Å². The Kier molecular flexibility index (Phi) is 4.19. The second-order valence-corrected chi connectivity index (χ2v) is 7.73. The van der Waals surface area contributed by atoms with Crippen LogP contribution in [0.5, 0.6) is 0 Å². The van der Waals surface area contributed by atoms with Gasteiger partial charge in [-0.1, -0.05) is 6.42 Å². The molecule has 136 valence electrons. The molecule has 2 aromatic rings. The summed E-state index contributed by atoms with van der Waals surface area (Å²) in [5.74, 6) is 2.92. The predicted molar refractivity (Wildman–Crippen MR) is 102 cm³/mol. The van der Waals surface area contributed by atoms with Gasteiger partial charge in [-0.3, -0.25) is 0 Å². The number of piperazine rings is 1. The van der Waals surface area contributed by atoms with Crippen molar-refractivity contribution < 1.29 is 0 Å². The smallest absolute Gasteiger partial charge is 0.135 e. The van der Waals surface area contributed by atoms with Gasteiger partial charge >= 0.3 is 0 Å². The molecule has 1 aliphatic heterocycles. The van der Waals surface area contributed by atoms with Crippen LogP contribution >= 0.6 is 0 Å². The SMILES string of the molecule is c1nc(C2CCC2)cc(N2CCN(c3ncnc4c3CCCC4)CC2)n1. The third-order valence-corrected chi connectivity index (χ3v) is 6.20. The van der Waals surface area contributed by atoms with Crippen molar-refractivity contribution in [1.82, 2.24) is 19.9 Å². The first-order valence-electron chi connectivity index (χ1n) is 10.0. The highest BCUT2D eigenvalue weighted by Crippen LogP contribution is 2.36. The minimum absolute atomic E-state index is 0.658. The Morgan fingerprint density at radius 2 is 1.54 bits per heavy atom. The molecule has 0 unspecified atom stereocenters. The summed E-state index contributed by atoms with van der Waals surface area (Å²) in [5, 5.41) is 0. The van der Waals surface area contributed by atoms with Crippen LogP contribution < -0.4 is 9.80 Å². The van der Waals surface area contributed by atoms with Crippen molar-refractivity contribution in [3.63, 3.8) is 0 Å². The Morgan fingerprint density at radius 1 is 0.769 bits per heavy atom. The lowest BCUT2D eigenvalue weighted by Crippen LogP contribution is -2.47. The van der Waals surface area contributed by atoms with E-state index in [1.165, 1.54) is 54.9 Å². The van der Waals surface area contributed by atoms with Crippen LogP contribution in [0.25, 0.3) is 0 Å². The molecule has 1 saturated heterocycles. The third-order valence-electron chi connectivity index (χ3n) is 6.20. The summed E-state index contributed by atoms with van der Waals surface area (Å²) >= 11 is 0. The summed E-state index contributed by atoms with van der Waals surface area (Å²) in [5.41, 5.74) is 3.89. The van der Waals surface area contributed by atoms with E-state index in [1.807, 2.05) is 0 Å². The number of fused-ring (bicyclic) bond motifs is 1. The molecule has 2 aliphatic carbocycles. The first kappa shape index (κ1) is 16.0. The van der Waals surface area contributed by atoms with Crippen molar-refractivity contribution in [3.05, 3.63) is 35.7 Å². The molecule has 0 spiro atoms. The van der Waals surface area contributed by atoms with Crippen LogP contribution in [0, 0.1) is 0 Å². The lowest BCUT2D eigenvalue weighted by Gasteiger charge is -2.37. The molecule has 0 radical (unpaired) electrons. The molecule has 3 aliphatic rings. The molecule has 2 fully saturated rings. The zero-order valence-corrected chi connectivity index (χ0v) is 15.3.